The summed E-state index contributed by atoms with van der Waals surface area (Å²) >= 11 is 0. The number of aliphatic imine (C=N–C) groups is 1. The van der Waals surface area contributed by atoms with Gasteiger partial charge in [0, 0.05) is 46.1 Å². The van der Waals surface area contributed by atoms with Crippen molar-refractivity contribution in [2.45, 2.75) is 33.7 Å². The lowest BCUT2D eigenvalue weighted by molar-refractivity contribution is 0.0698. The summed E-state index contributed by atoms with van der Waals surface area (Å²) in [6, 6.07) is 2.11. The van der Waals surface area contributed by atoms with Crippen molar-refractivity contribution in [2.75, 3.05) is 47.1 Å². The fourth-order valence-electron chi connectivity index (χ4n) is 2.34. The Hall–Kier alpha value is -1.60. The van der Waals surface area contributed by atoms with Gasteiger partial charge in [-0.25, -0.2) is 0 Å². The molecule has 0 aliphatic rings. The van der Waals surface area contributed by atoms with Crippen LogP contribution in [0.3, 0.4) is 0 Å². The molecular weight excluding hydrogens is 306 g/mol. The molecule has 1 aromatic heterocycles. The van der Waals surface area contributed by atoms with Gasteiger partial charge in [-0.15, -0.1) is 0 Å². The van der Waals surface area contributed by atoms with E-state index >= 15 is 0 Å². The van der Waals surface area contributed by atoms with Gasteiger partial charge in [0.25, 0.3) is 0 Å². The second kappa shape index (κ2) is 11.9. The molecule has 138 valence electrons. The van der Waals surface area contributed by atoms with Gasteiger partial charge in [0.05, 0.1) is 18.9 Å². The van der Waals surface area contributed by atoms with E-state index in [0.29, 0.717) is 19.1 Å². The van der Waals surface area contributed by atoms with E-state index in [0.717, 1.165) is 44.3 Å². The van der Waals surface area contributed by atoms with E-state index in [1.54, 1.807) is 14.2 Å². The predicted molar refractivity (Wildman–Crippen MR) is 97.5 cm³/mol. The molecule has 0 fully saturated rings. The molecular formula is C17H33N5O2. The number of hydrogen-bond donors (Lipinski definition) is 2. The minimum absolute atomic E-state index is 0.457. The Morgan fingerprint density at radius 3 is 2.71 bits per heavy atom. The molecule has 1 aromatic rings. The summed E-state index contributed by atoms with van der Waals surface area (Å²) in [6.45, 7) is 10.9. The van der Waals surface area contributed by atoms with Crippen LogP contribution in [0, 0.1) is 19.8 Å². The summed E-state index contributed by atoms with van der Waals surface area (Å²) in [4.78, 5) is 4.25. The number of aryl methyl sites for hydroxylation is 2. The molecule has 1 rings (SSSR count). The monoisotopic (exact) mass is 339 g/mol. The van der Waals surface area contributed by atoms with Gasteiger partial charge in [-0.3, -0.25) is 9.67 Å². The second-order valence-corrected chi connectivity index (χ2v) is 6.05. The van der Waals surface area contributed by atoms with Gasteiger partial charge < -0.3 is 20.1 Å². The standard InChI is InChI=1S/C17H33N5O2/c1-14(13-22-16(3)11-15(2)21-22)12-20-17(18-4)19-7-6-8-24-10-9-23-5/h11,14H,6-10,12-13H2,1-5H3,(H2,18,19,20). The van der Waals surface area contributed by atoms with Crippen LogP contribution in [0.25, 0.3) is 0 Å². The maximum atomic E-state index is 5.43. The van der Waals surface area contributed by atoms with Crippen molar-refractivity contribution in [1.29, 1.82) is 0 Å². The van der Waals surface area contributed by atoms with Gasteiger partial charge in [0.15, 0.2) is 5.96 Å². The van der Waals surface area contributed by atoms with Crippen molar-refractivity contribution in [1.82, 2.24) is 20.4 Å². The molecule has 0 aliphatic heterocycles. The van der Waals surface area contributed by atoms with E-state index in [2.05, 4.69) is 45.3 Å². The lowest BCUT2D eigenvalue weighted by atomic mass is 10.2. The molecule has 0 saturated heterocycles. The third kappa shape index (κ3) is 8.31. The molecule has 1 heterocycles. The highest BCUT2D eigenvalue weighted by atomic mass is 16.5. The Kier molecular flexibility index (Phi) is 10.1. The van der Waals surface area contributed by atoms with Crippen LogP contribution in [0.15, 0.2) is 11.1 Å². The zero-order valence-electron chi connectivity index (χ0n) is 15.8. The number of nitrogens with zero attached hydrogens (tertiary/aromatic N) is 3. The van der Waals surface area contributed by atoms with Crippen LogP contribution in [-0.4, -0.2) is 62.8 Å². The molecule has 0 aromatic carbocycles. The molecule has 7 nitrogen and oxygen atoms in total. The zero-order chi connectivity index (χ0) is 17.8. The van der Waals surface area contributed by atoms with Crippen LogP contribution in [0.5, 0.6) is 0 Å². The third-order valence-corrected chi connectivity index (χ3v) is 3.62. The molecule has 24 heavy (non-hydrogen) atoms. The molecule has 0 amide bonds. The average molecular weight is 339 g/mol. The van der Waals surface area contributed by atoms with Gasteiger partial charge >= 0.3 is 0 Å². The number of aromatic nitrogens is 2. The first-order valence-electron chi connectivity index (χ1n) is 8.59. The summed E-state index contributed by atoms with van der Waals surface area (Å²) < 4.78 is 12.4. The minimum atomic E-state index is 0.457. The molecule has 7 heteroatoms. The summed E-state index contributed by atoms with van der Waals surface area (Å²) in [5.74, 6) is 1.28. The summed E-state index contributed by atoms with van der Waals surface area (Å²) in [7, 11) is 3.46. The van der Waals surface area contributed by atoms with Crippen molar-refractivity contribution in [3.05, 3.63) is 17.5 Å². The van der Waals surface area contributed by atoms with Crippen LogP contribution in [0.2, 0.25) is 0 Å². The minimum Gasteiger partial charge on any atom is -0.382 e. The first kappa shape index (κ1) is 20.4. The van der Waals surface area contributed by atoms with E-state index in [1.165, 1.54) is 5.69 Å². The van der Waals surface area contributed by atoms with Crippen molar-refractivity contribution in [3.8, 4) is 0 Å². The summed E-state index contributed by atoms with van der Waals surface area (Å²) in [5, 5.41) is 11.2. The highest BCUT2D eigenvalue weighted by molar-refractivity contribution is 5.79. The number of rotatable bonds is 11. The topological polar surface area (TPSA) is 72.7 Å². The van der Waals surface area contributed by atoms with E-state index in [4.69, 9.17) is 9.47 Å². The molecule has 2 N–H and O–H groups in total. The highest BCUT2D eigenvalue weighted by Crippen LogP contribution is 2.05. The van der Waals surface area contributed by atoms with Crippen molar-refractivity contribution < 1.29 is 9.47 Å². The molecule has 0 bridgehead atoms. The Balaban J connectivity index is 2.17. The maximum Gasteiger partial charge on any atom is 0.190 e. The lowest BCUT2D eigenvalue weighted by Crippen LogP contribution is -2.40. The predicted octanol–water partition coefficient (Wildman–Crippen LogP) is 1.35. The van der Waals surface area contributed by atoms with Gasteiger partial charge in [0.1, 0.15) is 0 Å². The van der Waals surface area contributed by atoms with Crippen LogP contribution in [0.1, 0.15) is 24.7 Å². The van der Waals surface area contributed by atoms with E-state index in [1.807, 2.05) is 6.92 Å². The smallest absolute Gasteiger partial charge is 0.190 e. The van der Waals surface area contributed by atoms with Gasteiger partial charge in [-0.2, -0.15) is 5.10 Å². The molecule has 1 unspecified atom stereocenters. The van der Waals surface area contributed by atoms with Crippen LogP contribution >= 0.6 is 0 Å². The Labute approximate surface area is 145 Å². The van der Waals surface area contributed by atoms with Crippen molar-refractivity contribution in [2.24, 2.45) is 10.9 Å². The van der Waals surface area contributed by atoms with Gasteiger partial charge in [-0.05, 0) is 32.3 Å². The van der Waals surface area contributed by atoms with E-state index in [9.17, 15) is 0 Å². The first-order chi connectivity index (χ1) is 11.6. The quantitative estimate of drug-likeness (QED) is 0.362. The van der Waals surface area contributed by atoms with E-state index < -0.39 is 0 Å². The Morgan fingerprint density at radius 1 is 1.29 bits per heavy atom. The van der Waals surface area contributed by atoms with Gasteiger partial charge in [-0.1, -0.05) is 6.92 Å². The molecule has 0 saturated carbocycles. The summed E-state index contributed by atoms with van der Waals surface area (Å²) in [5.41, 5.74) is 2.27. The SMILES string of the molecule is CN=C(NCCCOCCOC)NCC(C)Cn1nc(C)cc1C. The molecule has 0 radical (unpaired) electrons. The highest BCUT2D eigenvalue weighted by Gasteiger charge is 2.08. The number of hydrogen-bond acceptors (Lipinski definition) is 4. The number of ether oxygens (including phenoxy) is 2. The van der Waals surface area contributed by atoms with Crippen LogP contribution in [0.4, 0.5) is 0 Å². The van der Waals surface area contributed by atoms with Crippen LogP contribution < -0.4 is 10.6 Å². The molecule has 0 spiro atoms. The fourth-order valence-corrected chi connectivity index (χ4v) is 2.34. The Bertz CT molecular complexity index is 487. The molecule has 0 aliphatic carbocycles. The fraction of sp³-hybridized carbons (Fsp3) is 0.765. The first-order valence-corrected chi connectivity index (χ1v) is 8.59. The maximum absolute atomic E-state index is 5.43. The van der Waals surface area contributed by atoms with Gasteiger partial charge in [0.2, 0.25) is 0 Å². The molecule has 1 atom stereocenters. The number of methoxy groups -OCH3 is 1. The Morgan fingerprint density at radius 2 is 2.08 bits per heavy atom. The van der Waals surface area contributed by atoms with Crippen molar-refractivity contribution >= 4 is 5.96 Å². The van der Waals surface area contributed by atoms with E-state index in [-0.39, 0.29) is 0 Å². The van der Waals surface area contributed by atoms with Crippen LogP contribution in [-0.2, 0) is 16.0 Å². The third-order valence-electron chi connectivity index (χ3n) is 3.62. The number of guanidine groups is 1. The number of nitrogens with one attached hydrogen (secondary N) is 2. The zero-order valence-corrected chi connectivity index (χ0v) is 15.8. The summed E-state index contributed by atoms with van der Waals surface area (Å²) in [6.07, 6.45) is 0.936. The largest absolute Gasteiger partial charge is 0.382 e. The lowest BCUT2D eigenvalue weighted by Gasteiger charge is -2.17. The second-order valence-electron chi connectivity index (χ2n) is 6.05. The normalized spacial score (nSPS) is 13.1. The van der Waals surface area contributed by atoms with Crippen molar-refractivity contribution in [3.63, 3.8) is 0 Å². The average Bonchev–Trinajstić information content (AvgIpc) is 2.86.